The van der Waals surface area contributed by atoms with E-state index in [0.29, 0.717) is 29.1 Å². The molecule has 0 radical (unpaired) electrons. The topological polar surface area (TPSA) is 108 Å². The summed E-state index contributed by atoms with van der Waals surface area (Å²) in [5.74, 6) is 0.926. The molecule has 2 aromatic heterocycles. The number of ether oxygens (including phenoxy) is 2. The van der Waals surface area contributed by atoms with Crippen LogP contribution in [0.15, 0.2) is 76.6 Å². The molecule has 5 rings (SSSR count). The van der Waals surface area contributed by atoms with Crippen LogP contribution in [-0.2, 0) is 4.79 Å². The van der Waals surface area contributed by atoms with Crippen molar-refractivity contribution in [2.24, 2.45) is 5.10 Å². The second kappa shape index (κ2) is 12.6. The largest absolute Gasteiger partial charge is 0.494 e. The number of fused-ring (bicyclic) bond motifs is 1. The first-order chi connectivity index (χ1) is 21.1. The zero-order valence-electron chi connectivity index (χ0n) is 25.8. The zero-order chi connectivity index (χ0) is 31.5. The average molecular weight is 593 g/mol. The van der Waals surface area contributed by atoms with Gasteiger partial charge < -0.3 is 19.1 Å². The Morgan fingerprint density at radius 3 is 2.43 bits per heavy atom. The highest BCUT2D eigenvalue weighted by atomic mass is 16.5. The van der Waals surface area contributed by atoms with Crippen LogP contribution in [0, 0.1) is 20.8 Å². The first-order valence-electron chi connectivity index (χ1n) is 14.6. The van der Waals surface area contributed by atoms with E-state index in [-0.39, 0.29) is 11.5 Å². The number of rotatable bonds is 10. The van der Waals surface area contributed by atoms with Crippen LogP contribution in [0.5, 0.6) is 11.5 Å². The third-order valence-electron chi connectivity index (χ3n) is 7.51. The number of carboxylic acids is 1. The van der Waals surface area contributed by atoms with Gasteiger partial charge in [-0.05, 0) is 99.3 Å². The maximum atomic E-state index is 13.9. The van der Waals surface area contributed by atoms with Gasteiger partial charge in [-0.15, -0.1) is 0 Å². The van der Waals surface area contributed by atoms with E-state index in [1.165, 1.54) is 4.68 Å². The van der Waals surface area contributed by atoms with Crippen LogP contribution >= 0.6 is 0 Å². The number of nitrogens with zero attached hydrogens (tertiary/aromatic N) is 4. The standard InChI is InChI=1S/C35H36N4O5/c1-7-43-32-16-22(4)30(18-29(32)21(2)3)34-37-31-11-9-8-10-28(31)35(42)39(34)36-19-25-17-23(5)38(24(25)6)26-12-14-27(15-13-26)44-20-33(40)41/h8-19,21H,7,20H2,1-6H3,(H,40,41). The van der Waals surface area contributed by atoms with Crippen LogP contribution in [0.3, 0.4) is 0 Å². The Hall–Kier alpha value is -5.18. The van der Waals surface area contributed by atoms with Crippen LogP contribution in [0.25, 0.3) is 28.0 Å². The van der Waals surface area contributed by atoms with Crippen molar-refractivity contribution >= 4 is 23.1 Å². The molecule has 3 aromatic carbocycles. The lowest BCUT2D eigenvalue weighted by molar-refractivity contribution is -0.139. The van der Waals surface area contributed by atoms with Crippen molar-refractivity contribution in [3.05, 3.63) is 105 Å². The van der Waals surface area contributed by atoms with Crippen LogP contribution in [0.1, 0.15) is 54.8 Å². The van der Waals surface area contributed by atoms with Gasteiger partial charge in [0.25, 0.3) is 5.56 Å². The summed E-state index contributed by atoms with van der Waals surface area (Å²) >= 11 is 0. The van der Waals surface area contributed by atoms with Gasteiger partial charge >= 0.3 is 5.97 Å². The Morgan fingerprint density at radius 2 is 1.75 bits per heavy atom. The SMILES string of the molecule is CCOc1cc(C)c(-c2nc3ccccc3c(=O)n2N=Cc2cc(C)n(-c3ccc(OCC(=O)O)cc3)c2C)cc1C(C)C. The molecule has 0 atom stereocenters. The fourth-order valence-electron chi connectivity index (χ4n) is 5.35. The molecule has 0 aliphatic rings. The summed E-state index contributed by atoms with van der Waals surface area (Å²) < 4.78 is 14.7. The molecule has 0 spiro atoms. The predicted octanol–water partition coefficient (Wildman–Crippen LogP) is 6.65. The minimum absolute atomic E-state index is 0.197. The molecular weight excluding hydrogens is 556 g/mol. The molecule has 1 N–H and O–H groups in total. The van der Waals surface area contributed by atoms with Gasteiger partial charge in [0, 0.05) is 28.2 Å². The number of carbonyl (C=O) groups is 1. The minimum atomic E-state index is -1.03. The second-order valence-corrected chi connectivity index (χ2v) is 10.9. The molecular formula is C35H36N4O5. The Labute approximate surface area is 256 Å². The number of aromatic nitrogens is 3. The molecule has 0 aliphatic carbocycles. The first kappa shape index (κ1) is 30.3. The normalized spacial score (nSPS) is 11.5. The molecule has 9 nitrogen and oxygen atoms in total. The van der Waals surface area contributed by atoms with E-state index < -0.39 is 12.6 Å². The summed E-state index contributed by atoms with van der Waals surface area (Å²) in [6, 6.07) is 20.6. The first-order valence-corrected chi connectivity index (χ1v) is 14.6. The third-order valence-corrected chi connectivity index (χ3v) is 7.51. The number of hydrogen-bond donors (Lipinski definition) is 1. The molecule has 0 aliphatic heterocycles. The van der Waals surface area contributed by atoms with E-state index in [1.54, 1.807) is 24.4 Å². The Balaban J connectivity index is 1.61. The molecule has 5 aromatic rings. The highest BCUT2D eigenvalue weighted by Gasteiger charge is 2.19. The van der Waals surface area contributed by atoms with Gasteiger partial charge in [0.2, 0.25) is 0 Å². The van der Waals surface area contributed by atoms with Crippen LogP contribution in [0.2, 0.25) is 0 Å². The average Bonchev–Trinajstić information content (AvgIpc) is 3.28. The summed E-state index contributed by atoms with van der Waals surface area (Å²) in [4.78, 5) is 29.6. The fraction of sp³-hybridized carbons (Fsp3) is 0.257. The highest BCUT2D eigenvalue weighted by molar-refractivity contribution is 5.84. The molecule has 0 fully saturated rings. The second-order valence-electron chi connectivity index (χ2n) is 10.9. The monoisotopic (exact) mass is 592 g/mol. The molecule has 0 saturated carbocycles. The van der Waals surface area contributed by atoms with Gasteiger partial charge in [0.05, 0.1) is 23.7 Å². The Kier molecular flexibility index (Phi) is 8.66. The van der Waals surface area contributed by atoms with Crippen molar-refractivity contribution in [2.75, 3.05) is 13.2 Å². The Morgan fingerprint density at radius 1 is 1.02 bits per heavy atom. The molecule has 226 valence electrons. The molecule has 9 heteroatoms. The van der Waals surface area contributed by atoms with Gasteiger partial charge in [0.1, 0.15) is 11.5 Å². The molecule has 44 heavy (non-hydrogen) atoms. The van der Waals surface area contributed by atoms with Crippen LogP contribution in [0.4, 0.5) is 0 Å². The predicted molar refractivity (Wildman–Crippen MR) is 173 cm³/mol. The number of aryl methyl sites for hydroxylation is 2. The van der Waals surface area contributed by atoms with Gasteiger partial charge in [-0.1, -0.05) is 26.0 Å². The van der Waals surface area contributed by atoms with Crippen molar-refractivity contribution in [1.82, 2.24) is 14.2 Å². The third kappa shape index (κ3) is 5.99. The van der Waals surface area contributed by atoms with Crippen molar-refractivity contribution in [3.63, 3.8) is 0 Å². The molecule has 0 saturated heterocycles. The summed E-state index contributed by atoms with van der Waals surface area (Å²) in [6.07, 6.45) is 1.69. The van der Waals surface area contributed by atoms with Gasteiger partial charge in [-0.25, -0.2) is 9.78 Å². The summed E-state index contributed by atoms with van der Waals surface area (Å²) in [7, 11) is 0. The molecule has 0 unspecified atom stereocenters. The Bertz CT molecular complexity index is 1930. The number of benzene rings is 3. The van der Waals surface area contributed by atoms with Gasteiger partial charge in [-0.3, -0.25) is 4.79 Å². The number of aliphatic carboxylic acids is 1. The van der Waals surface area contributed by atoms with E-state index in [9.17, 15) is 9.59 Å². The fourth-order valence-corrected chi connectivity index (χ4v) is 5.35. The maximum Gasteiger partial charge on any atom is 0.341 e. The van der Waals surface area contributed by atoms with Crippen LogP contribution < -0.4 is 15.0 Å². The minimum Gasteiger partial charge on any atom is -0.494 e. The molecule has 0 bridgehead atoms. The number of carboxylic acid groups (broad SMARTS) is 1. The van der Waals surface area contributed by atoms with Crippen molar-refractivity contribution in [3.8, 4) is 28.6 Å². The summed E-state index contributed by atoms with van der Waals surface area (Å²) in [5.41, 5.74) is 6.74. The smallest absolute Gasteiger partial charge is 0.341 e. The zero-order valence-corrected chi connectivity index (χ0v) is 25.8. The van der Waals surface area contributed by atoms with Crippen LogP contribution in [-0.4, -0.2) is 44.7 Å². The quantitative estimate of drug-likeness (QED) is 0.182. The van der Waals surface area contributed by atoms with E-state index in [1.807, 2.05) is 70.2 Å². The van der Waals surface area contributed by atoms with E-state index in [4.69, 9.17) is 24.7 Å². The van der Waals surface area contributed by atoms with Gasteiger partial charge in [0.15, 0.2) is 12.4 Å². The van der Waals surface area contributed by atoms with Crippen molar-refractivity contribution in [2.45, 2.75) is 47.5 Å². The maximum absolute atomic E-state index is 13.9. The summed E-state index contributed by atoms with van der Waals surface area (Å²) in [6.45, 7) is 12.3. The van der Waals surface area contributed by atoms with Crippen molar-refractivity contribution in [1.29, 1.82) is 0 Å². The van der Waals surface area contributed by atoms with Crippen molar-refractivity contribution < 1.29 is 19.4 Å². The summed E-state index contributed by atoms with van der Waals surface area (Å²) in [5, 5.41) is 14.1. The van der Waals surface area contributed by atoms with E-state index in [0.717, 1.165) is 45.1 Å². The number of para-hydroxylation sites is 1. The van der Waals surface area contributed by atoms with E-state index in [2.05, 4.69) is 24.5 Å². The molecule has 2 heterocycles. The lowest BCUT2D eigenvalue weighted by atomic mass is 9.96. The highest BCUT2D eigenvalue weighted by Crippen LogP contribution is 2.34. The lowest BCUT2D eigenvalue weighted by Gasteiger charge is -2.18. The lowest BCUT2D eigenvalue weighted by Crippen LogP contribution is -2.21. The van der Waals surface area contributed by atoms with E-state index >= 15 is 0 Å². The van der Waals surface area contributed by atoms with Gasteiger partial charge in [-0.2, -0.15) is 9.78 Å². The number of hydrogen-bond acceptors (Lipinski definition) is 6. The molecule has 0 amide bonds.